The molecule has 114 valence electrons. The largest absolute Gasteiger partial charge is 0.494 e. The molecule has 1 aromatic carbocycles. The SMILES string of the molecule is CCCNC(c1ccc(F)c(OC)c1)c1cc(Cl)sc1Cl. The van der Waals surface area contributed by atoms with Gasteiger partial charge < -0.3 is 10.1 Å². The molecule has 1 unspecified atom stereocenters. The van der Waals surface area contributed by atoms with Crippen molar-refractivity contribution in [1.82, 2.24) is 5.32 Å². The molecule has 0 amide bonds. The normalized spacial score (nSPS) is 12.4. The Hall–Kier alpha value is -0.810. The monoisotopic (exact) mass is 347 g/mol. The highest BCUT2D eigenvalue weighted by molar-refractivity contribution is 7.20. The lowest BCUT2D eigenvalue weighted by molar-refractivity contribution is 0.385. The predicted octanol–water partition coefficient (Wildman–Crippen LogP) is 5.29. The maximum Gasteiger partial charge on any atom is 0.165 e. The summed E-state index contributed by atoms with van der Waals surface area (Å²) in [5, 5.41) is 3.41. The fraction of sp³-hybridized carbons (Fsp3) is 0.333. The lowest BCUT2D eigenvalue weighted by Crippen LogP contribution is -2.23. The second-order valence-electron chi connectivity index (χ2n) is 4.56. The van der Waals surface area contributed by atoms with Crippen molar-refractivity contribution >= 4 is 34.5 Å². The second-order valence-corrected chi connectivity index (χ2v) is 6.85. The van der Waals surface area contributed by atoms with E-state index in [9.17, 15) is 4.39 Å². The molecule has 0 aliphatic carbocycles. The van der Waals surface area contributed by atoms with Crippen LogP contribution in [0.4, 0.5) is 4.39 Å². The van der Waals surface area contributed by atoms with Crippen molar-refractivity contribution in [1.29, 1.82) is 0 Å². The van der Waals surface area contributed by atoms with Crippen LogP contribution in [0.1, 0.15) is 30.5 Å². The number of benzene rings is 1. The van der Waals surface area contributed by atoms with E-state index in [0.717, 1.165) is 24.1 Å². The maximum atomic E-state index is 13.6. The first-order valence-corrected chi connectivity index (χ1v) is 8.15. The van der Waals surface area contributed by atoms with Gasteiger partial charge in [-0.3, -0.25) is 0 Å². The predicted molar refractivity (Wildman–Crippen MR) is 87.4 cm³/mol. The van der Waals surface area contributed by atoms with Gasteiger partial charge in [0.1, 0.15) is 0 Å². The summed E-state index contributed by atoms with van der Waals surface area (Å²) >= 11 is 13.6. The Labute approximate surface area is 137 Å². The van der Waals surface area contributed by atoms with Crippen molar-refractivity contribution in [2.75, 3.05) is 13.7 Å². The Morgan fingerprint density at radius 2 is 2.10 bits per heavy atom. The second kappa shape index (κ2) is 7.45. The van der Waals surface area contributed by atoms with E-state index in [1.165, 1.54) is 24.5 Å². The zero-order valence-electron chi connectivity index (χ0n) is 11.8. The highest BCUT2D eigenvalue weighted by Crippen LogP contribution is 2.38. The van der Waals surface area contributed by atoms with Gasteiger partial charge in [-0.15, -0.1) is 11.3 Å². The zero-order chi connectivity index (χ0) is 15.4. The fourth-order valence-corrected chi connectivity index (χ4v) is 3.63. The maximum absolute atomic E-state index is 13.6. The third-order valence-electron chi connectivity index (χ3n) is 3.10. The smallest absolute Gasteiger partial charge is 0.165 e. The van der Waals surface area contributed by atoms with Crippen molar-refractivity contribution in [3.63, 3.8) is 0 Å². The summed E-state index contributed by atoms with van der Waals surface area (Å²) in [6.45, 7) is 2.89. The van der Waals surface area contributed by atoms with Crippen LogP contribution in [0, 0.1) is 5.82 Å². The number of hydrogen-bond donors (Lipinski definition) is 1. The van der Waals surface area contributed by atoms with Crippen LogP contribution < -0.4 is 10.1 Å². The molecule has 2 nitrogen and oxygen atoms in total. The summed E-state index contributed by atoms with van der Waals surface area (Å²) in [5.41, 5.74) is 1.78. The first-order valence-electron chi connectivity index (χ1n) is 6.58. The van der Waals surface area contributed by atoms with Gasteiger partial charge in [-0.1, -0.05) is 36.2 Å². The molecule has 0 bridgehead atoms. The van der Waals surface area contributed by atoms with Crippen LogP contribution in [-0.4, -0.2) is 13.7 Å². The number of hydrogen-bond acceptors (Lipinski definition) is 3. The topological polar surface area (TPSA) is 21.3 Å². The number of rotatable bonds is 6. The molecule has 0 spiro atoms. The first-order chi connectivity index (χ1) is 10.1. The summed E-state index contributed by atoms with van der Waals surface area (Å²) in [5.74, 6) is -0.168. The van der Waals surface area contributed by atoms with Gasteiger partial charge in [-0.25, -0.2) is 4.39 Å². The Morgan fingerprint density at radius 3 is 2.67 bits per heavy atom. The van der Waals surface area contributed by atoms with Crippen molar-refractivity contribution in [2.45, 2.75) is 19.4 Å². The molecule has 0 saturated heterocycles. The van der Waals surface area contributed by atoms with Crippen LogP contribution in [0.5, 0.6) is 5.75 Å². The number of methoxy groups -OCH3 is 1. The molecule has 0 radical (unpaired) electrons. The van der Waals surface area contributed by atoms with E-state index < -0.39 is 0 Å². The van der Waals surface area contributed by atoms with Crippen LogP contribution in [0.3, 0.4) is 0 Å². The third kappa shape index (κ3) is 3.89. The molecule has 0 aliphatic heterocycles. The van der Waals surface area contributed by atoms with Gasteiger partial charge in [0.15, 0.2) is 11.6 Å². The average Bonchev–Trinajstić information content (AvgIpc) is 2.79. The van der Waals surface area contributed by atoms with E-state index >= 15 is 0 Å². The highest BCUT2D eigenvalue weighted by atomic mass is 35.5. The van der Waals surface area contributed by atoms with E-state index in [0.29, 0.717) is 8.67 Å². The van der Waals surface area contributed by atoms with Gasteiger partial charge in [0.05, 0.1) is 21.8 Å². The zero-order valence-corrected chi connectivity index (χ0v) is 14.1. The quantitative estimate of drug-likeness (QED) is 0.766. The van der Waals surface area contributed by atoms with Crippen LogP contribution in [0.25, 0.3) is 0 Å². The third-order valence-corrected chi connectivity index (χ3v) is 4.62. The van der Waals surface area contributed by atoms with Crippen LogP contribution in [0.15, 0.2) is 24.3 Å². The Bertz CT molecular complexity index is 618. The number of nitrogens with one attached hydrogen (secondary N) is 1. The minimum atomic E-state index is -0.384. The van der Waals surface area contributed by atoms with Crippen LogP contribution in [-0.2, 0) is 0 Å². The lowest BCUT2D eigenvalue weighted by atomic mass is 10.0. The molecule has 0 fully saturated rings. The molecule has 0 saturated carbocycles. The summed E-state index contributed by atoms with van der Waals surface area (Å²) in [6, 6.07) is 6.52. The summed E-state index contributed by atoms with van der Waals surface area (Å²) in [4.78, 5) is 0. The minimum absolute atomic E-state index is 0.143. The van der Waals surface area contributed by atoms with Gasteiger partial charge >= 0.3 is 0 Å². The molecular weight excluding hydrogens is 332 g/mol. The van der Waals surface area contributed by atoms with Gasteiger partial charge in [-0.05, 0) is 36.7 Å². The molecule has 1 atom stereocenters. The molecule has 0 aliphatic rings. The minimum Gasteiger partial charge on any atom is -0.494 e. The van der Waals surface area contributed by atoms with Crippen LogP contribution >= 0.6 is 34.5 Å². The van der Waals surface area contributed by atoms with E-state index in [4.69, 9.17) is 27.9 Å². The van der Waals surface area contributed by atoms with E-state index in [-0.39, 0.29) is 17.6 Å². The van der Waals surface area contributed by atoms with Gasteiger partial charge in [-0.2, -0.15) is 0 Å². The van der Waals surface area contributed by atoms with Crippen molar-refractivity contribution < 1.29 is 9.13 Å². The summed E-state index contributed by atoms with van der Waals surface area (Å²) in [7, 11) is 1.45. The Morgan fingerprint density at radius 1 is 1.33 bits per heavy atom. The first kappa shape index (κ1) is 16.6. The number of thiophene rings is 1. The molecule has 21 heavy (non-hydrogen) atoms. The van der Waals surface area contributed by atoms with Crippen molar-refractivity contribution in [3.05, 3.63) is 49.9 Å². The number of ether oxygens (including phenoxy) is 1. The molecule has 1 N–H and O–H groups in total. The van der Waals surface area contributed by atoms with Crippen molar-refractivity contribution in [3.8, 4) is 5.75 Å². The summed E-state index contributed by atoms with van der Waals surface area (Å²) < 4.78 is 19.9. The molecule has 2 rings (SSSR count). The number of halogens is 3. The standard InChI is InChI=1S/C15H16Cl2FNOS/c1-3-6-19-14(10-8-13(16)21-15(10)17)9-4-5-11(18)12(7-9)20-2/h4-5,7-8,14,19H,3,6H2,1-2H3. The van der Waals surface area contributed by atoms with E-state index in [1.807, 2.05) is 6.07 Å². The van der Waals surface area contributed by atoms with Crippen LogP contribution in [0.2, 0.25) is 8.67 Å². The Kier molecular flexibility index (Phi) is 5.88. The molecule has 1 aromatic heterocycles. The van der Waals surface area contributed by atoms with E-state index in [2.05, 4.69) is 12.2 Å². The molecule has 1 heterocycles. The molecule has 2 aromatic rings. The average molecular weight is 348 g/mol. The highest BCUT2D eigenvalue weighted by Gasteiger charge is 2.20. The fourth-order valence-electron chi connectivity index (χ4n) is 2.10. The molecular formula is C15H16Cl2FNOS. The lowest BCUT2D eigenvalue weighted by Gasteiger charge is -2.19. The molecule has 6 heteroatoms. The van der Waals surface area contributed by atoms with Gasteiger partial charge in [0.25, 0.3) is 0 Å². The summed E-state index contributed by atoms with van der Waals surface area (Å²) in [6.07, 6.45) is 0.977. The van der Waals surface area contributed by atoms with Gasteiger partial charge in [0.2, 0.25) is 0 Å². The van der Waals surface area contributed by atoms with Crippen molar-refractivity contribution in [2.24, 2.45) is 0 Å². The van der Waals surface area contributed by atoms with Gasteiger partial charge in [0, 0.05) is 5.56 Å². The van der Waals surface area contributed by atoms with E-state index in [1.54, 1.807) is 12.1 Å². The Balaban J connectivity index is 2.42.